The molecule has 0 aliphatic carbocycles. The van der Waals surface area contributed by atoms with E-state index in [9.17, 15) is 8.42 Å². The van der Waals surface area contributed by atoms with Gasteiger partial charge in [-0.2, -0.15) is 8.42 Å². The van der Waals surface area contributed by atoms with E-state index in [2.05, 4.69) is 0 Å². The van der Waals surface area contributed by atoms with Crippen LogP contribution in [0.1, 0.15) is 28.1 Å². The zero-order valence-electron chi connectivity index (χ0n) is 8.37. The monoisotopic (exact) mass is 174 g/mol. The Morgan fingerprint density at radius 2 is 1.91 bits per heavy atom. The van der Waals surface area contributed by atoms with E-state index >= 15 is 0 Å². The van der Waals surface area contributed by atoms with E-state index in [1.807, 2.05) is 13.8 Å². The molecule has 0 saturated carbocycles. The standard InChI is InChI=1S/C6H14O3S.Li.H/c1-6(2)4-3-5-10(7,8)9;;/h6H,3-5H2,1-2H3,(H,7,8,9);;/q;+1;-1. The van der Waals surface area contributed by atoms with Crippen molar-refractivity contribution >= 4 is 10.1 Å². The van der Waals surface area contributed by atoms with Crippen LogP contribution in [-0.2, 0) is 10.1 Å². The van der Waals surface area contributed by atoms with E-state index in [1.54, 1.807) is 0 Å². The van der Waals surface area contributed by atoms with Crippen LogP contribution < -0.4 is 18.9 Å². The molecule has 0 bridgehead atoms. The van der Waals surface area contributed by atoms with Gasteiger partial charge in [-0.05, 0) is 18.8 Å². The van der Waals surface area contributed by atoms with E-state index < -0.39 is 10.1 Å². The minimum absolute atomic E-state index is 0. The van der Waals surface area contributed by atoms with Crippen LogP contribution in [0.3, 0.4) is 0 Å². The molecule has 11 heavy (non-hydrogen) atoms. The molecule has 0 heterocycles. The zero-order chi connectivity index (χ0) is 8.20. The first kappa shape index (κ1) is 14.1. The van der Waals surface area contributed by atoms with Crippen molar-refractivity contribution in [2.24, 2.45) is 5.92 Å². The maximum absolute atomic E-state index is 10.2. The molecule has 0 atom stereocenters. The van der Waals surface area contributed by atoms with Crippen LogP contribution in [-0.4, -0.2) is 18.7 Å². The molecule has 0 amide bonds. The quantitative estimate of drug-likeness (QED) is 0.413. The van der Waals surface area contributed by atoms with Crippen LogP contribution in [0.2, 0.25) is 0 Å². The summed E-state index contributed by atoms with van der Waals surface area (Å²) in [6.07, 6.45) is 1.40. The maximum atomic E-state index is 10.2. The van der Waals surface area contributed by atoms with E-state index in [0.29, 0.717) is 12.3 Å². The van der Waals surface area contributed by atoms with E-state index in [-0.39, 0.29) is 26.0 Å². The molecule has 0 aromatic heterocycles. The van der Waals surface area contributed by atoms with Gasteiger partial charge in [0.2, 0.25) is 0 Å². The molecule has 3 nitrogen and oxygen atoms in total. The van der Waals surface area contributed by atoms with E-state index in [0.717, 1.165) is 6.42 Å². The summed E-state index contributed by atoms with van der Waals surface area (Å²) in [6, 6.07) is 0. The molecule has 0 radical (unpaired) electrons. The van der Waals surface area contributed by atoms with Gasteiger partial charge in [-0.1, -0.05) is 13.8 Å². The van der Waals surface area contributed by atoms with Gasteiger partial charge in [-0.3, -0.25) is 4.55 Å². The van der Waals surface area contributed by atoms with Crippen LogP contribution in [0.5, 0.6) is 0 Å². The summed E-state index contributed by atoms with van der Waals surface area (Å²) in [5, 5.41) is 0. The van der Waals surface area contributed by atoms with Gasteiger partial charge in [0.05, 0.1) is 5.75 Å². The first-order valence-corrected chi connectivity index (χ1v) is 4.98. The fourth-order valence-corrected chi connectivity index (χ4v) is 1.21. The molecule has 0 aromatic rings. The molecule has 1 N–H and O–H groups in total. The molecule has 0 spiro atoms. The van der Waals surface area contributed by atoms with Crippen LogP contribution >= 0.6 is 0 Å². The Hall–Kier alpha value is 0.507. The zero-order valence-corrected chi connectivity index (χ0v) is 8.19. The molecule has 64 valence electrons. The predicted molar refractivity (Wildman–Crippen MR) is 41.6 cm³/mol. The Kier molecular flexibility index (Phi) is 7.76. The van der Waals surface area contributed by atoms with Crippen LogP contribution in [0.25, 0.3) is 0 Å². The Balaban J connectivity index is -0.000000405. The Labute approximate surface area is 82.0 Å². The molecular weight excluding hydrogens is 159 g/mol. The Bertz CT molecular complexity index is 179. The van der Waals surface area contributed by atoms with Gasteiger partial charge in [0.15, 0.2) is 0 Å². The van der Waals surface area contributed by atoms with E-state index in [4.69, 9.17) is 4.55 Å². The SMILES string of the molecule is CC(C)CCCS(=O)(=O)O.[H-].[Li+]. The summed E-state index contributed by atoms with van der Waals surface area (Å²) in [7, 11) is -3.72. The van der Waals surface area contributed by atoms with Crippen molar-refractivity contribution in [2.75, 3.05) is 5.75 Å². The van der Waals surface area contributed by atoms with Crippen molar-refractivity contribution in [2.45, 2.75) is 26.7 Å². The van der Waals surface area contributed by atoms with E-state index in [1.165, 1.54) is 0 Å². The average molecular weight is 174 g/mol. The molecule has 0 aliphatic rings. The molecule has 0 saturated heterocycles. The molecule has 0 unspecified atom stereocenters. The first-order chi connectivity index (χ1) is 4.42. The largest absolute Gasteiger partial charge is 1.00 e. The smallest absolute Gasteiger partial charge is 1.00 e. The van der Waals surface area contributed by atoms with Gasteiger partial charge in [0.25, 0.3) is 10.1 Å². The second-order valence-corrected chi connectivity index (χ2v) is 4.39. The number of hydrogen-bond donors (Lipinski definition) is 1. The molecule has 0 aliphatic heterocycles. The Morgan fingerprint density at radius 1 is 1.45 bits per heavy atom. The molecular formula is C6H15LiO3S. The molecule has 5 heteroatoms. The summed E-state index contributed by atoms with van der Waals surface area (Å²) in [4.78, 5) is 0. The molecule has 0 rings (SSSR count). The maximum Gasteiger partial charge on any atom is 1.00 e. The van der Waals surface area contributed by atoms with Gasteiger partial charge < -0.3 is 1.43 Å². The molecule has 0 aromatic carbocycles. The predicted octanol–water partition coefficient (Wildman–Crippen LogP) is -1.57. The van der Waals surface area contributed by atoms with Crippen molar-refractivity contribution in [1.29, 1.82) is 0 Å². The third-order valence-corrected chi connectivity index (χ3v) is 1.99. The minimum Gasteiger partial charge on any atom is -1.00 e. The fourth-order valence-electron chi connectivity index (χ4n) is 0.674. The fraction of sp³-hybridized carbons (Fsp3) is 1.00. The van der Waals surface area contributed by atoms with Crippen molar-refractivity contribution in [3.63, 3.8) is 0 Å². The second kappa shape index (κ2) is 6.07. The number of rotatable bonds is 4. The minimum atomic E-state index is -3.72. The van der Waals surface area contributed by atoms with Gasteiger partial charge >= 0.3 is 18.9 Å². The second-order valence-electron chi connectivity index (χ2n) is 2.82. The summed E-state index contributed by atoms with van der Waals surface area (Å²) in [6.45, 7) is 4.04. The van der Waals surface area contributed by atoms with Crippen LogP contribution in [0, 0.1) is 5.92 Å². The van der Waals surface area contributed by atoms with Gasteiger partial charge in [-0.25, -0.2) is 0 Å². The third-order valence-electron chi connectivity index (χ3n) is 1.18. The molecule has 0 fully saturated rings. The Morgan fingerprint density at radius 3 is 2.18 bits per heavy atom. The summed E-state index contributed by atoms with van der Waals surface area (Å²) >= 11 is 0. The summed E-state index contributed by atoms with van der Waals surface area (Å²) in [5.41, 5.74) is 0. The third kappa shape index (κ3) is 13.5. The van der Waals surface area contributed by atoms with Crippen LogP contribution in [0.15, 0.2) is 0 Å². The van der Waals surface area contributed by atoms with Crippen LogP contribution in [0.4, 0.5) is 0 Å². The van der Waals surface area contributed by atoms with Crippen molar-refractivity contribution in [1.82, 2.24) is 0 Å². The van der Waals surface area contributed by atoms with Gasteiger partial charge in [-0.15, -0.1) is 0 Å². The summed E-state index contributed by atoms with van der Waals surface area (Å²) in [5.74, 6) is 0.396. The van der Waals surface area contributed by atoms with Gasteiger partial charge in [0.1, 0.15) is 0 Å². The van der Waals surface area contributed by atoms with Gasteiger partial charge in [0, 0.05) is 0 Å². The number of hydrogen-bond acceptors (Lipinski definition) is 2. The first-order valence-electron chi connectivity index (χ1n) is 3.37. The van der Waals surface area contributed by atoms with Crippen molar-refractivity contribution in [3.8, 4) is 0 Å². The van der Waals surface area contributed by atoms with Crippen molar-refractivity contribution < 1.29 is 33.3 Å². The average Bonchev–Trinajstić information content (AvgIpc) is 1.59. The van der Waals surface area contributed by atoms with Crippen molar-refractivity contribution in [3.05, 3.63) is 0 Å². The summed E-state index contributed by atoms with van der Waals surface area (Å²) < 4.78 is 28.6. The normalized spacial score (nSPS) is 11.3. The topological polar surface area (TPSA) is 54.4 Å².